The van der Waals surface area contributed by atoms with Gasteiger partial charge in [0.15, 0.2) is 8.32 Å². The number of ether oxygens (including phenoxy) is 1. The zero-order valence-corrected chi connectivity index (χ0v) is 18.9. The Morgan fingerprint density at radius 3 is 2.52 bits per heavy atom. The molecule has 0 unspecified atom stereocenters. The van der Waals surface area contributed by atoms with E-state index in [-0.39, 0.29) is 22.8 Å². The van der Waals surface area contributed by atoms with E-state index < -0.39 is 8.32 Å². The Morgan fingerprint density at radius 2 is 1.96 bits per heavy atom. The van der Waals surface area contributed by atoms with Gasteiger partial charge in [-0.15, -0.1) is 0 Å². The smallest absolute Gasteiger partial charge is 0.192 e. The summed E-state index contributed by atoms with van der Waals surface area (Å²) in [6.07, 6.45) is 9.45. The van der Waals surface area contributed by atoms with Crippen LogP contribution < -0.4 is 0 Å². The van der Waals surface area contributed by atoms with Crippen LogP contribution in [0.15, 0.2) is 22.3 Å². The van der Waals surface area contributed by atoms with E-state index in [1.165, 1.54) is 0 Å². The van der Waals surface area contributed by atoms with Crippen LogP contribution in [0.2, 0.25) is 18.1 Å². The van der Waals surface area contributed by atoms with Crippen molar-refractivity contribution in [3.05, 3.63) is 22.3 Å². The van der Waals surface area contributed by atoms with Crippen LogP contribution in [0.1, 0.15) is 47.5 Å². The molecule has 2 aliphatic rings. The lowest BCUT2D eigenvalue weighted by Crippen LogP contribution is -2.57. The first-order valence-electron chi connectivity index (χ1n) is 8.84. The van der Waals surface area contributed by atoms with E-state index in [9.17, 15) is 0 Å². The van der Waals surface area contributed by atoms with Crippen molar-refractivity contribution >= 4 is 30.9 Å². The number of rotatable bonds is 5. The third-order valence-corrected chi connectivity index (χ3v) is 11.2. The van der Waals surface area contributed by atoms with Crippen molar-refractivity contribution in [2.24, 2.45) is 11.8 Å². The summed E-state index contributed by atoms with van der Waals surface area (Å²) >= 11 is 2.29. The van der Waals surface area contributed by atoms with Crippen molar-refractivity contribution in [3.8, 4) is 0 Å². The van der Waals surface area contributed by atoms with E-state index in [0.29, 0.717) is 11.8 Å². The van der Waals surface area contributed by atoms with Gasteiger partial charge in [-0.25, -0.2) is 0 Å². The van der Waals surface area contributed by atoms with Gasteiger partial charge in [0.1, 0.15) is 0 Å². The maximum absolute atomic E-state index is 6.88. The molecule has 2 nitrogen and oxygen atoms in total. The molecule has 0 amide bonds. The molecule has 0 aromatic rings. The van der Waals surface area contributed by atoms with E-state index >= 15 is 0 Å². The number of hydrogen-bond acceptors (Lipinski definition) is 2. The molecule has 2 heterocycles. The summed E-state index contributed by atoms with van der Waals surface area (Å²) in [4.78, 5) is 0. The molecule has 5 atom stereocenters. The fourth-order valence-electron chi connectivity index (χ4n) is 3.52. The van der Waals surface area contributed by atoms with Gasteiger partial charge in [-0.3, -0.25) is 0 Å². The van der Waals surface area contributed by atoms with Gasteiger partial charge in [-0.2, -0.15) is 0 Å². The van der Waals surface area contributed by atoms with Gasteiger partial charge in [0.05, 0.1) is 17.8 Å². The summed E-state index contributed by atoms with van der Waals surface area (Å²) < 4.78 is 15.5. The monoisotopic (exact) mass is 448 g/mol. The summed E-state index contributed by atoms with van der Waals surface area (Å²) in [5.74, 6) is 0.815. The van der Waals surface area contributed by atoms with Crippen LogP contribution in [0.3, 0.4) is 0 Å². The molecule has 132 valence electrons. The summed E-state index contributed by atoms with van der Waals surface area (Å²) in [6, 6.07) is 0. The van der Waals surface area contributed by atoms with Crippen molar-refractivity contribution in [1.82, 2.24) is 0 Å². The minimum atomic E-state index is -1.78. The fraction of sp³-hybridized carbons (Fsp3) is 0.789. The molecule has 0 spiro atoms. The topological polar surface area (TPSA) is 18.5 Å². The first-order valence-corrected chi connectivity index (χ1v) is 13.0. The van der Waals surface area contributed by atoms with E-state index in [2.05, 4.69) is 92.6 Å². The van der Waals surface area contributed by atoms with Gasteiger partial charge >= 0.3 is 0 Å². The van der Waals surface area contributed by atoms with Gasteiger partial charge < -0.3 is 9.16 Å². The van der Waals surface area contributed by atoms with Crippen LogP contribution in [0, 0.1) is 11.8 Å². The average Bonchev–Trinajstić information content (AvgIpc) is 2.84. The minimum Gasteiger partial charge on any atom is -0.413 e. The zero-order valence-electron chi connectivity index (χ0n) is 15.7. The Labute approximate surface area is 157 Å². The first kappa shape index (κ1) is 19.7. The van der Waals surface area contributed by atoms with Crippen molar-refractivity contribution in [3.63, 3.8) is 0 Å². The van der Waals surface area contributed by atoms with Crippen LogP contribution in [0.5, 0.6) is 0 Å². The summed E-state index contributed by atoms with van der Waals surface area (Å²) in [6.45, 7) is 16.3. The molecule has 1 saturated heterocycles. The van der Waals surface area contributed by atoms with Gasteiger partial charge in [0.25, 0.3) is 0 Å². The molecule has 0 radical (unpaired) electrons. The van der Waals surface area contributed by atoms with Crippen LogP contribution in [-0.4, -0.2) is 26.1 Å². The van der Waals surface area contributed by atoms with Crippen LogP contribution in [0.25, 0.3) is 0 Å². The Hall–Kier alpha value is 0.347. The second kappa shape index (κ2) is 6.93. The predicted octanol–water partition coefficient (Wildman–Crippen LogP) is 6.09. The average molecular weight is 448 g/mol. The van der Waals surface area contributed by atoms with E-state index in [1.807, 2.05) is 0 Å². The molecule has 0 aliphatic carbocycles. The molecule has 1 fully saturated rings. The van der Waals surface area contributed by atoms with Gasteiger partial charge in [-0.1, -0.05) is 75.4 Å². The van der Waals surface area contributed by atoms with Crippen LogP contribution in [0.4, 0.5) is 0 Å². The largest absolute Gasteiger partial charge is 0.413 e. The van der Waals surface area contributed by atoms with E-state index in [4.69, 9.17) is 9.16 Å². The maximum atomic E-state index is 6.88. The molecule has 0 N–H and O–H groups in total. The van der Waals surface area contributed by atoms with Crippen molar-refractivity contribution in [1.29, 1.82) is 0 Å². The molecular weight excluding hydrogens is 415 g/mol. The lowest BCUT2D eigenvalue weighted by atomic mass is 9.76. The third kappa shape index (κ3) is 3.80. The van der Waals surface area contributed by atoms with E-state index in [1.54, 1.807) is 0 Å². The predicted molar refractivity (Wildman–Crippen MR) is 110 cm³/mol. The number of allylic oxidation sites excluding steroid dienone is 1. The summed E-state index contributed by atoms with van der Waals surface area (Å²) in [7, 11) is -1.78. The summed E-state index contributed by atoms with van der Waals surface area (Å²) in [5.41, 5.74) is -0.139. The minimum absolute atomic E-state index is 0.139. The Balaban J connectivity index is 2.21. The van der Waals surface area contributed by atoms with E-state index in [0.717, 1.165) is 12.8 Å². The first-order chi connectivity index (χ1) is 10.5. The molecule has 2 bridgehead atoms. The normalized spacial score (nSPS) is 37.7. The SMILES string of the molecule is C[C@H]1[C@@H](O[Si](C)(C)C(C)(C)C)[C@@H](C)[C@@]2(CC/C=C\I)C=C[C@@H]1O2. The lowest BCUT2D eigenvalue weighted by Gasteiger charge is -2.51. The number of fused-ring (bicyclic) bond motifs is 2. The van der Waals surface area contributed by atoms with Gasteiger partial charge in [-0.05, 0) is 35.1 Å². The standard InChI is InChI=1S/C19H33IO2Si/c1-14-16-10-12-19(21-16,11-8-9-13-20)15(2)17(14)22-23(6,7)18(3,4)5/h9-10,12-17H,8,11H2,1-7H3/b13-9-/t14-,15-,16+,17-,19-/m1/s1. The molecular formula is C19H33IO2Si. The van der Waals surface area contributed by atoms with Crippen molar-refractivity contribution < 1.29 is 9.16 Å². The highest BCUT2D eigenvalue weighted by molar-refractivity contribution is 14.1. The second-order valence-corrected chi connectivity index (χ2v) is 14.3. The molecule has 23 heavy (non-hydrogen) atoms. The van der Waals surface area contributed by atoms with Crippen molar-refractivity contribution in [2.45, 2.75) is 83.4 Å². The second-order valence-electron chi connectivity index (χ2n) is 8.79. The molecule has 2 rings (SSSR count). The zero-order chi connectivity index (χ0) is 17.5. The van der Waals surface area contributed by atoms with Gasteiger partial charge in [0, 0.05) is 11.8 Å². The van der Waals surface area contributed by atoms with Crippen molar-refractivity contribution in [2.75, 3.05) is 0 Å². The van der Waals surface area contributed by atoms with Crippen LogP contribution in [-0.2, 0) is 9.16 Å². The number of halogens is 1. The summed E-state index contributed by atoms with van der Waals surface area (Å²) in [5, 5.41) is 0.244. The molecule has 0 aromatic carbocycles. The highest BCUT2D eigenvalue weighted by Crippen LogP contribution is 2.49. The highest BCUT2D eigenvalue weighted by atomic mass is 127. The quantitative estimate of drug-likeness (QED) is 0.288. The van der Waals surface area contributed by atoms with Gasteiger partial charge in [0.2, 0.25) is 0 Å². The fourth-order valence-corrected chi connectivity index (χ4v) is 5.33. The Kier molecular flexibility index (Phi) is 5.92. The Bertz CT molecular complexity index is 480. The molecule has 4 heteroatoms. The van der Waals surface area contributed by atoms with Crippen LogP contribution >= 0.6 is 22.6 Å². The molecule has 0 aromatic heterocycles. The molecule has 0 saturated carbocycles. The lowest BCUT2D eigenvalue weighted by molar-refractivity contribution is -0.169. The highest BCUT2D eigenvalue weighted by Gasteiger charge is 2.54. The number of hydrogen-bond donors (Lipinski definition) is 0. The Morgan fingerprint density at radius 1 is 1.30 bits per heavy atom. The third-order valence-electron chi connectivity index (χ3n) is 6.25. The maximum Gasteiger partial charge on any atom is 0.192 e. The molecule has 2 aliphatic heterocycles.